The van der Waals surface area contributed by atoms with Crippen molar-refractivity contribution in [3.63, 3.8) is 0 Å². The van der Waals surface area contributed by atoms with Gasteiger partial charge in [0.1, 0.15) is 5.82 Å². The highest BCUT2D eigenvalue weighted by Crippen LogP contribution is 2.27. The molecule has 0 aliphatic rings. The van der Waals surface area contributed by atoms with Crippen molar-refractivity contribution in [3.05, 3.63) is 66.0 Å². The number of hydrogen-bond acceptors (Lipinski definition) is 3. The van der Waals surface area contributed by atoms with Crippen LogP contribution in [0.3, 0.4) is 0 Å². The fourth-order valence-electron chi connectivity index (χ4n) is 2.58. The van der Waals surface area contributed by atoms with Crippen LogP contribution in [0.5, 0.6) is 0 Å². The lowest BCUT2D eigenvalue weighted by Crippen LogP contribution is -2.25. The van der Waals surface area contributed by atoms with Crippen LogP contribution >= 0.6 is 0 Å². The zero-order valence-electron chi connectivity index (χ0n) is 14.6. The van der Waals surface area contributed by atoms with E-state index >= 15 is 0 Å². The predicted octanol–water partition coefficient (Wildman–Crippen LogP) is 3.22. The van der Waals surface area contributed by atoms with Crippen molar-refractivity contribution in [3.8, 4) is 5.69 Å². The Morgan fingerprint density at radius 1 is 1.15 bits per heavy atom. The predicted molar refractivity (Wildman–Crippen MR) is 92.5 cm³/mol. The summed E-state index contributed by atoms with van der Waals surface area (Å²) in [5.74, 6) is 0.685. The molecule has 3 rings (SSSR count). The van der Waals surface area contributed by atoms with E-state index in [-0.39, 0.29) is 5.91 Å². The molecule has 0 saturated heterocycles. The molecule has 0 fully saturated rings. The summed E-state index contributed by atoms with van der Waals surface area (Å²) in [6.45, 7) is 3.18. The van der Waals surface area contributed by atoms with Gasteiger partial charge in [-0.15, -0.1) is 0 Å². The van der Waals surface area contributed by atoms with Crippen LogP contribution < -0.4 is 5.32 Å². The molecule has 0 unspecified atom stereocenters. The Hall–Kier alpha value is -3.10. The summed E-state index contributed by atoms with van der Waals surface area (Å²) in [4.78, 5) is 16.3. The molecule has 0 aliphatic carbocycles. The summed E-state index contributed by atoms with van der Waals surface area (Å²) in [5.41, 5.74) is -0.0872. The number of rotatable bonds is 6. The van der Waals surface area contributed by atoms with Crippen LogP contribution in [0, 0.1) is 6.92 Å². The Balaban J connectivity index is 1.54. The van der Waals surface area contributed by atoms with Crippen LogP contribution in [0.25, 0.3) is 5.69 Å². The molecule has 142 valence electrons. The number of nitrogens with zero attached hydrogens (tertiary/aromatic N) is 4. The van der Waals surface area contributed by atoms with Gasteiger partial charge in [-0.1, -0.05) is 0 Å². The van der Waals surface area contributed by atoms with E-state index in [9.17, 15) is 18.0 Å². The third kappa shape index (κ3) is 4.55. The van der Waals surface area contributed by atoms with Crippen molar-refractivity contribution in [2.45, 2.75) is 26.1 Å². The van der Waals surface area contributed by atoms with Crippen LogP contribution in [0.4, 0.5) is 13.2 Å². The lowest BCUT2D eigenvalue weighted by Gasteiger charge is -2.08. The second-order valence-electron chi connectivity index (χ2n) is 5.97. The fourth-order valence-corrected chi connectivity index (χ4v) is 2.58. The number of carbonyl (C=O) groups is 1. The molecule has 6 nitrogen and oxygen atoms in total. The number of alkyl halides is 3. The summed E-state index contributed by atoms with van der Waals surface area (Å²) in [6.07, 6.45) is 1.12. The SMILES string of the molecule is Cc1nccn1CCCNC(=O)c1ccc(-n2ccc(C(F)(F)F)n2)cc1. The molecule has 0 radical (unpaired) electrons. The maximum atomic E-state index is 12.6. The number of aromatic nitrogens is 4. The van der Waals surface area contributed by atoms with Gasteiger partial charge in [0, 0.05) is 37.2 Å². The lowest BCUT2D eigenvalue weighted by molar-refractivity contribution is -0.141. The first-order valence-electron chi connectivity index (χ1n) is 8.34. The molecule has 0 saturated carbocycles. The number of nitrogens with one attached hydrogen (secondary N) is 1. The summed E-state index contributed by atoms with van der Waals surface area (Å²) in [5, 5.41) is 6.32. The zero-order valence-corrected chi connectivity index (χ0v) is 14.6. The van der Waals surface area contributed by atoms with Gasteiger partial charge < -0.3 is 9.88 Å². The van der Waals surface area contributed by atoms with E-state index in [1.165, 1.54) is 6.20 Å². The maximum absolute atomic E-state index is 12.6. The van der Waals surface area contributed by atoms with Crippen LogP contribution in [0.2, 0.25) is 0 Å². The minimum absolute atomic E-state index is 0.236. The summed E-state index contributed by atoms with van der Waals surface area (Å²) < 4.78 is 41.0. The van der Waals surface area contributed by atoms with Gasteiger partial charge >= 0.3 is 6.18 Å². The molecular weight excluding hydrogens is 359 g/mol. The van der Waals surface area contributed by atoms with Gasteiger partial charge in [0.2, 0.25) is 0 Å². The highest BCUT2D eigenvalue weighted by Gasteiger charge is 2.33. The Morgan fingerprint density at radius 3 is 2.48 bits per heavy atom. The summed E-state index contributed by atoms with van der Waals surface area (Å²) in [7, 11) is 0. The quantitative estimate of drug-likeness (QED) is 0.671. The average Bonchev–Trinajstić information content (AvgIpc) is 3.28. The van der Waals surface area contributed by atoms with Crippen LogP contribution in [-0.4, -0.2) is 31.8 Å². The fraction of sp³-hybridized carbons (Fsp3) is 0.278. The highest BCUT2D eigenvalue weighted by atomic mass is 19.4. The van der Waals surface area contributed by atoms with Crippen molar-refractivity contribution in [1.29, 1.82) is 0 Å². The van der Waals surface area contributed by atoms with Crippen molar-refractivity contribution in [2.75, 3.05) is 6.54 Å². The maximum Gasteiger partial charge on any atom is 0.435 e. The minimum Gasteiger partial charge on any atom is -0.352 e. The number of carbonyl (C=O) groups excluding carboxylic acids is 1. The van der Waals surface area contributed by atoms with Crippen molar-refractivity contribution < 1.29 is 18.0 Å². The topological polar surface area (TPSA) is 64.7 Å². The number of halogens is 3. The zero-order chi connectivity index (χ0) is 19.4. The van der Waals surface area contributed by atoms with E-state index in [4.69, 9.17) is 0 Å². The first kappa shape index (κ1) is 18.7. The Bertz CT molecular complexity index is 912. The monoisotopic (exact) mass is 377 g/mol. The molecule has 3 aromatic rings. The molecule has 2 aromatic heterocycles. The van der Waals surface area contributed by atoms with E-state index < -0.39 is 11.9 Å². The van der Waals surface area contributed by atoms with Crippen molar-refractivity contribution in [2.24, 2.45) is 0 Å². The van der Waals surface area contributed by atoms with Gasteiger partial charge in [0.15, 0.2) is 5.69 Å². The Labute approximate surface area is 153 Å². The van der Waals surface area contributed by atoms with E-state index in [0.717, 1.165) is 29.5 Å². The second-order valence-corrected chi connectivity index (χ2v) is 5.97. The first-order valence-corrected chi connectivity index (χ1v) is 8.34. The van der Waals surface area contributed by atoms with E-state index in [2.05, 4.69) is 15.4 Å². The smallest absolute Gasteiger partial charge is 0.352 e. The average molecular weight is 377 g/mol. The minimum atomic E-state index is -4.49. The third-order valence-corrected chi connectivity index (χ3v) is 4.06. The Kier molecular flexibility index (Phi) is 5.29. The van der Waals surface area contributed by atoms with Gasteiger partial charge in [0.25, 0.3) is 5.91 Å². The number of amides is 1. The molecule has 0 spiro atoms. The number of hydrogen-bond donors (Lipinski definition) is 1. The molecule has 0 bridgehead atoms. The molecule has 1 amide bonds. The van der Waals surface area contributed by atoms with Crippen LogP contribution in [-0.2, 0) is 12.7 Å². The lowest BCUT2D eigenvalue weighted by atomic mass is 10.2. The molecule has 2 heterocycles. The number of imidazole rings is 1. The molecule has 9 heteroatoms. The van der Waals surface area contributed by atoms with Gasteiger partial charge in [-0.2, -0.15) is 18.3 Å². The van der Waals surface area contributed by atoms with Gasteiger partial charge in [0.05, 0.1) is 5.69 Å². The van der Waals surface area contributed by atoms with E-state index in [0.29, 0.717) is 17.8 Å². The van der Waals surface area contributed by atoms with E-state index in [1.807, 2.05) is 17.7 Å². The highest BCUT2D eigenvalue weighted by molar-refractivity contribution is 5.94. The summed E-state index contributed by atoms with van der Waals surface area (Å²) >= 11 is 0. The van der Waals surface area contributed by atoms with Gasteiger partial charge in [-0.3, -0.25) is 4.79 Å². The van der Waals surface area contributed by atoms with Crippen LogP contribution in [0.15, 0.2) is 48.9 Å². The number of benzene rings is 1. The molecule has 0 atom stereocenters. The van der Waals surface area contributed by atoms with E-state index in [1.54, 1.807) is 30.5 Å². The molecular formula is C18H18F3N5O. The van der Waals surface area contributed by atoms with Crippen LogP contribution in [0.1, 0.15) is 28.3 Å². The van der Waals surface area contributed by atoms with Crippen molar-refractivity contribution >= 4 is 5.91 Å². The first-order chi connectivity index (χ1) is 12.8. The second kappa shape index (κ2) is 7.65. The summed E-state index contributed by atoms with van der Waals surface area (Å²) in [6, 6.07) is 7.12. The largest absolute Gasteiger partial charge is 0.435 e. The number of aryl methyl sites for hydroxylation is 2. The normalized spacial score (nSPS) is 11.6. The van der Waals surface area contributed by atoms with Crippen molar-refractivity contribution in [1.82, 2.24) is 24.6 Å². The molecule has 1 aromatic carbocycles. The van der Waals surface area contributed by atoms with Gasteiger partial charge in [-0.05, 0) is 43.7 Å². The molecule has 0 aliphatic heterocycles. The standard InChI is InChI=1S/C18H18F3N5O/c1-13-22-9-12-25(13)10-2-8-23-17(27)14-3-5-15(6-4-14)26-11-7-16(24-26)18(19,20)21/h3-7,9,11-12H,2,8,10H2,1H3,(H,23,27). The Morgan fingerprint density at radius 2 is 1.89 bits per heavy atom. The van der Waals surface area contributed by atoms with Gasteiger partial charge in [-0.25, -0.2) is 9.67 Å². The molecule has 1 N–H and O–H groups in total. The third-order valence-electron chi connectivity index (χ3n) is 4.06. The molecule has 27 heavy (non-hydrogen) atoms.